The second-order valence-electron chi connectivity index (χ2n) is 8.28. The maximum atomic E-state index is 13.3. The van der Waals surface area contributed by atoms with Crippen molar-refractivity contribution >= 4 is 27.5 Å². The number of halogens is 3. The molecular formula is C23H20F3N5O3S. The number of hydrogen-bond acceptors (Lipinski definition) is 7. The molecule has 0 aliphatic carbocycles. The Labute approximate surface area is 201 Å². The molecule has 5 rings (SSSR count). The molecule has 8 nitrogen and oxygen atoms in total. The number of ether oxygens (including phenoxy) is 1. The largest absolute Gasteiger partial charge is 0.478 e. The van der Waals surface area contributed by atoms with E-state index in [2.05, 4.69) is 27.1 Å². The molecule has 0 bridgehead atoms. The number of aryl methyl sites for hydroxylation is 1. The van der Waals surface area contributed by atoms with Crippen LogP contribution in [0, 0.1) is 0 Å². The van der Waals surface area contributed by atoms with Crippen molar-refractivity contribution in [3.8, 4) is 11.8 Å². The summed E-state index contributed by atoms with van der Waals surface area (Å²) in [7, 11) is 0. The van der Waals surface area contributed by atoms with Crippen LogP contribution in [0.5, 0.6) is 11.8 Å². The Kier molecular flexibility index (Phi) is 5.91. The van der Waals surface area contributed by atoms with Gasteiger partial charge in [0.1, 0.15) is 16.4 Å². The Balaban J connectivity index is 1.51. The van der Waals surface area contributed by atoms with E-state index in [0.717, 1.165) is 32.5 Å². The summed E-state index contributed by atoms with van der Waals surface area (Å²) in [4.78, 5) is 22.2. The Morgan fingerprint density at radius 1 is 1.23 bits per heavy atom. The molecule has 1 aromatic carbocycles. The van der Waals surface area contributed by atoms with Crippen LogP contribution in [0.1, 0.15) is 58.3 Å². The lowest BCUT2D eigenvalue weighted by molar-refractivity contribution is -0.147. The third-order valence-electron chi connectivity index (χ3n) is 5.86. The number of aromatic carboxylic acids is 1. The van der Waals surface area contributed by atoms with Crippen LogP contribution in [0.2, 0.25) is 0 Å². The molecule has 0 spiro atoms. The van der Waals surface area contributed by atoms with Gasteiger partial charge in [0.2, 0.25) is 5.82 Å². The zero-order valence-corrected chi connectivity index (χ0v) is 19.4. The zero-order chi connectivity index (χ0) is 24.7. The molecule has 1 aliphatic rings. The van der Waals surface area contributed by atoms with E-state index in [9.17, 15) is 18.0 Å². The number of nitrogens with zero attached hydrogens (tertiary/aromatic N) is 5. The number of hydrogen-bond donors (Lipinski definition) is 1. The van der Waals surface area contributed by atoms with Crippen molar-refractivity contribution in [2.75, 3.05) is 0 Å². The molecule has 0 amide bonds. The van der Waals surface area contributed by atoms with Gasteiger partial charge in [0.15, 0.2) is 0 Å². The highest BCUT2D eigenvalue weighted by molar-refractivity contribution is 7.18. The van der Waals surface area contributed by atoms with E-state index in [1.54, 1.807) is 0 Å². The van der Waals surface area contributed by atoms with Crippen molar-refractivity contribution in [1.82, 2.24) is 24.7 Å². The maximum absolute atomic E-state index is 13.3. The second kappa shape index (κ2) is 8.91. The molecule has 1 aliphatic heterocycles. The minimum atomic E-state index is -4.56. The van der Waals surface area contributed by atoms with Crippen molar-refractivity contribution in [2.45, 2.75) is 51.2 Å². The number of benzene rings is 1. The van der Waals surface area contributed by atoms with Crippen LogP contribution in [-0.4, -0.2) is 35.8 Å². The maximum Gasteiger partial charge on any atom is 0.451 e. The van der Waals surface area contributed by atoms with Crippen LogP contribution in [0.25, 0.3) is 10.2 Å². The Hall–Kier alpha value is -3.54. The first kappa shape index (κ1) is 23.2. The summed E-state index contributed by atoms with van der Waals surface area (Å²) in [6.45, 7) is 2.21. The van der Waals surface area contributed by atoms with Crippen molar-refractivity contribution in [3.05, 3.63) is 58.1 Å². The summed E-state index contributed by atoms with van der Waals surface area (Å²) in [5.41, 5.74) is 0.829. The predicted molar refractivity (Wildman–Crippen MR) is 121 cm³/mol. The molecule has 1 unspecified atom stereocenters. The number of alkyl halides is 3. The standard InChI is InChI=1S/C23H20F3N5O3S/c1-2-3-15-11-16-18(13-8-9-31-17(10-13)29-30-21(31)23(24,25)26)27-22(28-19(16)35-15)34-14-6-4-12(5-7-14)20(32)33/h4-7,11,13H,2-3,8-10H2,1H3,(H,32,33). The van der Waals surface area contributed by atoms with Gasteiger partial charge in [0.05, 0.1) is 11.3 Å². The number of carboxylic acid groups (broad SMARTS) is 1. The first-order valence-electron chi connectivity index (χ1n) is 11.0. The smallest absolute Gasteiger partial charge is 0.451 e. The van der Waals surface area contributed by atoms with Gasteiger partial charge in [-0.1, -0.05) is 13.3 Å². The topological polar surface area (TPSA) is 103 Å². The summed E-state index contributed by atoms with van der Waals surface area (Å²) >= 11 is 1.53. The lowest BCUT2D eigenvalue weighted by atomic mass is 9.92. The summed E-state index contributed by atoms with van der Waals surface area (Å²) in [6.07, 6.45) is -2.02. The SMILES string of the molecule is CCCc1cc2c(C3CCn4c(nnc4C(F)(F)F)C3)nc(Oc3ccc(C(=O)O)cc3)nc2s1. The fraction of sp³-hybridized carbons (Fsp3) is 0.348. The molecule has 0 radical (unpaired) electrons. The zero-order valence-electron chi connectivity index (χ0n) is 18.5. The van der Waals surface area contributed by atoms with Gasteiger partial charge in [-0.2, -0.15) is 23.1 Å². The van der Waals surface area contributed by atoms with Crippen molar-refractivity contribution in [1.29, 1.82) is 0 Å². The predicted octanol–water partition coefficient (Wildman–Crippen LogP) is 5.47. The number of carbonyl (C=O) groups is 1. The normalized spacial score (nSPS) is 15.8. The molecule has 1 atom stereocenters. The van der Waals surface area contributed by atoms with E-state index in [1.165, 1.54) is 35.6 Å². The van der Waals surface area contributed by atoms with Crippen LogP contribution in [-0.2, 0) is 25.6 Å². The molecule has 3 aromatic heterocycles. The quantitative estimate of drug-likeness (QED) is 0.372. The molecule has 1 N–H and O–H groups in total. The van der Waals surface area contributed by atoms with E-state index >= 15 is 0 Å². The van der Waals surface area contributed by atoms with Crippen LogP contribution in [0.4, 0.5) is 13.2 Å². The first-order valence-corrected chi connectivity index (χ1v) is 11.9. The second-order valence-corrected chi connectivity index (χ2v) is 9.40. The van der Waals surface area contributed by atoms with Crippen LogP contribution >= 0.6 is 11.3 Å². The fourth-order valence-corrected chi connectivity index (χ4v) is 5.37. The molecule has 0 fully saturated rings. The van der Waals surface area contributed by atoms with E-state index in [0.29, 0.717) is 17.9 Å². The minimum absolute atomic E-state index is 0.100. The van der Waals surface area contributed by atoms with Gasteiger partial charge in [-0.15, -0.1) is 21.5 Å². The van der Waals surface area contributed by atoms with E-state index < -0.39 is 18.0 Å². The third-order valence-corrected chi connectivity index (χ3v) is 6.95. The van der Waals surface area contributed by atoms with Gasteiger partial charge in [0.25, 0.3) is 0 Å². The summed E-state index contributed by atoms with van der Waals surface area (Å²) in [5, 5.41) is 17.1. The molecule has 35 heavy (non-hydrogen) atoms. The number of aromatic nitrogens is 5. The van der Waals surface area contributed by atoms with E-state index in [4.69, 9.17) is 9.84 Å². The monoisotopic (exact) mass is 503 g/mol. The van der Waals surface area contributed by atoms with Crippen molar-refractivity contribution < 1.29 is 27.8 Å². The van der Waals surface area contributed by atoms with Crippen molar-refractivity contribution in [3.63, 3.8) is 0 Å². The highest BCUT2D eigenvalue weighted by atomic mass is 32.1. The van der Waals surface area contributed by atoms with Crippen molar-refractivity contribution in [2.24, 2.45) is 0 Å². The number of thiophene rings is 1. The fourth-order valence-electron chi connectivity index (χ4n) is 4.24. The van der Waals surface area contributed by atoms with Crippen LogP contribution in [0.15, 0.2) is 30.3 Å². The Bertz CT molecular complexity index is 1400. The summed E-state index contributed by atoms with van der Waals surface area (Å²) < 4.78 is 46.7. The Morgan fingerprint density at radius 2 is 2.00 bits per heavy atom. The number of fused-ring (bicyclic) bond motifs is 2. The summed E-state index contributed by atoms with van der Waals surface area (Å²) in [6, 6.07) is 8.04. The molecule has 182 valence electrons. The average Bonchev–Trinajstić information content (AvgIpc) is 3.42. The van der Waals surface area contributed by atoms with Gasteiger partial charge in [-0.3, -0.25) is 0 Å². The molecule has 12 heteroatoms. The van der Waals surface area contributed by atoms with E-state index in [1.807, 2.05) is 6.07 Å². The lowest BCUT2D eigenvalue weighted by Gasteiger charge is -2.24. The minimum Gasteiger partial charge on any atom is -0.478 e. The molecule has 0 saturated heterocycles. The van der Waals surface area contributed by atoms with Crippen LogP contribution in [0.3, 0.4) is 0 Å². The average molecular weight is 504 g/mol. The van der Waals surface area contributed by atoms with Gasteiger partial charge in [-0.05, 0) is 43.2 Å². The number of carboxylic acids is 1. The molecular weight excluding hydrogens is 483 g/mol. The first-order chi connectivity index (χ1) is 16.7. The molecule has 4 aromatic rings. The lowest BCUT2D eigenvalue weighted by Crippen LogP contribution is -2.23. The number of rotatable bonds is 6. The third kappa shape index (κ3) is 4.57. The van der Waals surface area contributed by atoms with E-state index in [-0.39, 0.29) is 36.3 Å². The molecule has 4 heterocycles. The summed E-state index contributed by atoms with van der Waals surface area (Å²) in [5.74, 6) is -1.55. The van der Waals surface area contributed by atoms with Gasteiger partial charge in [-0.25, -0.2) is 4.79 Å². The van der Waals surface area contributed by atoms with Gasteiger partial charge < -0.3 is 14.4 Å². The highest BCUT2D eigenvalue weighted by Gasteiger charge is 2.40. The Morgan fingerprint density at radius 3 is 2.69 bits per heavy atom. The molecule has 0 saturated carbocycles. The van der Waals surface area contributed by atoms with Crippen LogP contribution < -0.4 is 4.74 Å². The van der Waals surface area contributed by atoms with Gasteiger partial charge >= 0.3 is 18.2 Å². The van der Waals surface area contributed by atoms with Gasteiger partial charge in [0, 0.05) is 29.1 Å². The highest BCUT2D eigenvalue weighted by Crippen LogP contribution is 2.39.